The quantitative estimate of drug-likeness (QED) is 0.812. The first-order valence-electron chi connectivity index (χ1n) is 5.15. The highest BCUT2D eigenvalue weighted by molar-refractivity contribution is 7.99. The summed E-state index contributed by atoms with van der Waals surface area (Å²) in [5.74, 6) is 0.947. The average molecular weight is 240 g/mol. The van der Waals surface area contributed by atoms with Crippen LogP contribution in [0.4, 0.5) is 0 Å². The van der Waals surface area contributed by atoms with Crippen molar-refractivity contribution in [1.29, 1.82) is 0 Å². The highest BCUT2D eigenvalue weighted by Gasteiger charge is 2.16. The van der Waals surface area contributed by atoms with E-state index in [9.17, 15) is 4.79 Å². The zero-order valence-corrected chi connectivity index (χ0v) is 11.1. The van der Waals surface area contributed by atoms with Crippen LogP contribution in [0.2, 0.25) is 0 Å². The lowest BCUT2D eigenvalue weighted by atomic mass is 9.91. The van der Waals surface area contributed by atoms with Gasteiger partial charge in [0.2, 0.25) is 0 Å². The summed E-state index contributed by atoms with van der Waals surface area (Å²) >= 11 is 1.59. The van der Waals surface area contributed by atoms with E-state index in [1.807, 2.05) is 19.2 Å². The molecule has 2 nitrogen and oxygen atoms in total. The van der Waals surface area contributed by atoms with Gasteiger partial charge < -0.3 is 5.48 Å². The first-order chi connectivity index (χ1) is 7.07. The van der Waals surface area contributed by atoms with Crippen LogP contribution in [-0.4, -0.2) is 23.3 Å². The summed E-state index contributed by atoms with van der Waals surface area (Å²) in [6.45, 7) is 6.18. The highest BCUT2D eigenvalue weighted by Crippen LogP contribution is 2.23. The first-order valence-corrected chi connectivity index (χ1v) is 6.55. The molecule has 1 atom stereocenters. The Bertz CT molecular complexity index is 361. The summed E-state index contributed by atoms with van der Waals surface area (Å²) in [5.41, 5.74) is 3.69. The number of Topliss-reactive ketones (excluding diaryl/α,β-unsaturated/α-hetero) is 1. The molecule has 1 aromatic carbocycles. The van der Waals surface area contributed by atoms with Crippen molar-refractivity contribution in [2.24, 2.45) is 0 Å². The summed E-state index contributed by atoms with van der Waals surface area (Å²) in [6.07, 6.45) is 1.97. The van der Waals surface area contributed by atoms with E-state index < -0.39 is 0 Å². The molecule has 0 bridgehead atoms. The van der Waals surface area contributed by atoms with E-state index in [2.05, 4.69) is 26.0 Å². The number of benzene rings is 1. The van der Waals surface area contributed by atoms with Gasteiger partial charge in [0.25, 0.3) is 0 Å². The van der Waals surface area contributed by atoms with Crippen LogP contribution in [0.1, 0.15) is 29.5 Å². The smallest absolute Gasteiger partial charge is 0.149 e. The van der Waals surface area contributed by atoms with E-state index in [1.165, 1.54) is 16.7 Å². The van der Waals surface area contributed by atoms with Gasteiger partial charge in [-0.1, -0.05) is 25.1 Å². The van der Waals surface area contributed by atoms with Gasteiger partial charge in [-0.15, -0.1) is 0 Å². The van der Waals surface area contributed by atoms with Crippen molar-refractivity contribution in [1.82, 2.24) is 0 Å². The molecule has 90 valence electrons. The van der Waals surface area contributed by atoms with Crippen molar-refractivity contribution in [3.05, 3.63) is 34.9 Å². The van der Waals surface area contributed by atoms with Crippen LogP contribution in [0.3, 0.4) is 0 Å². The maximum absolute atomic E-state index is 11.8. The lowest BCUT2D eigenvalue weighted by Gasteiger charge is -2.14. The number of carbonyl (C=O) groups excluding carboxylic acids is 1. The van der Waals surface area contributed by atoms with Gasteiger partial charge in [-0.3, -0.25) is 4.79 Å². The molecule has 0 unspecified atom stereocenters. The molecule has 0 saturated heterocycles. The second-order valence-electron chi connectivity index (χ2n) is 3.91. The normalized spacial score (nSPS) is 11.8. The third-order valence-electron chi connectivity index (χ3n) is 2.88. The van der Waals surface area contributed by atoms with Crippen LogP contribution in [0.25, 0.3) is 0 Å². The van der Waals surface area contributed by atoms with E-state index in [0.717, 1.165) is 0 Å². The van der Waals surface area contributed by atoms with Crippen molar-refractivity contribution in [3.63, 3.8) is 0 Å². The molecule has 0 spiro atoms. The van der Waals surface area contributed by atoms with Crippen LogP contribution in [0, 0.1) is 13.8 Å². The van der Waals surface area contributed by atoms with Crippen LogP contribution in [0.5, 0.6) is 0 Å². The third kappa shape index (κ3) is 3.35. The molecule has 0 aliphatic carbocycles. The fourth-order valence-electron chi connectivity index (χ4n) is 1.68. The van der Waals surface area contributed by atoms with Crippen molar-refractivity contribution in [3.8, 4) is 0 Å². The summed E-state index contributed by atoms with van der Waals surface area (Å²) in [5, 5.41) is 0. The summed E-state index contributed by atoms with van der Waals surface area (Å²) < 4.78 is 0. The SMILES string of the molecule is CSCC(=O)[C@@H](C)c1cccc(C)c1C.O. The maximum Gasteiger partial charge on any atom is 0.149 e. The molecule has 3 heteroatoms. The molecule has 16 heavy (non-hydrogen) atoms. The zero-order valence-electron chi connectivity index (χ0n) is 10.3. The highest BCUT2D eigenvalue weighted by atomic mass is 32.2. The predicted octanol–water partition coefficient (Wildman–Crippen LogP) is 2.51. The Kier molecular flexibility index (Phi) is 6.38. The van der Waals surface area contributed by atoms with Gasteiger partial charge in [0.05, 0.1) is 5.75 Å². The van der Waals surface area contributed by atoms with E-state index in [1.54, 1.807) is 11.8 Å². The zero-order chi connectivity index (χ0) is 11.4. The fourth-order valence-corrected chi connectivity index (χ4v) is 2.22. The Morgan fingerprint density at radius 3 is 2.56 bits per heavy atom. The summed E-state index contributed by atoms with van der Waals surface area (Å²) in [7, 11) is 0. The van der Waals surface area contributed by atoms with E-state index >= 15 is 0 Å². The minimum atomic E-state index is 0. The molecule has 0 radical (unpaired) electrons. The maximum atomic E-state index is 11.8. The van der Waals surface area contributed by atoms with Gasteiger partial charge in [0.1, 0.15) is 5.78 Å². The van der Waals surface area contributed by atoms with Crippen molar-refractivity contribution in [2.45, 2.75) is 26.7 Å². The monoisotopic (exact) mass is 240 g/mol. The Morgan fingerprint density at radius 2 is 2.00 bits per heavy atom. The van der Waals surface area contributed by atoms with Gasteiger partial charge in [-0.25, -0.2) is 0 Å². The molecule has 0 aliphatic heterocycles. The third-order valence-corrected chi connectivity index (χ3v) is 3.46. The second kappa shape index (κ2) is 6.71. The minimum Gasteiger partial charge on any atom is -0.412 e. The van der Waals surface area contributed by atoms with Gasteiger partial charge in [0, 0.05) is 5.92 Å². The lowest BCUT2D eigenvalue weighted by Crippen LogP contribution is -2.13. The Balaban J connectivity index is 0.00000225. The van der Waals surface area contributed by atoms with Gasteiger partial charge in [-0.2, -0.15) is 11.8 Å². The van der Waals surface area contributed by atoms with Crippen LogP contribution >= 0.6 is 11.8 Å². The first kappa shape index (κ1) is 15.2. The number of rotatable bonds is 4. The van der Waals surface area contributed by atoms with Crippen LogP contribution in [-0.2, 0) is 4.79 Å². The van der Waals surface area contributed by atoms with Crippen LogP contribution < -0.4 is 0 Å². The molecule has 0 amide bonds. The van der Waals surface area contributed by atoms with E-state index in [-0.39, 0.29) is 11.4 Å². The Labute approximate surface area is 102 Å². The number of thioether (sulfide) groups is 1. The van der Waals surface area contributed by atoms with Gasteiger partial charge in [0.15, 0.2) is 0 Å². The number of ketones is 1. The summed E-state index contributed by atoms with van der Waals surface area (Å²) in [6, 6.07) is 6.18. The molecule has 0 saturated carbocycles. The van der Waals surface area contributed by atoms with E-state index in [4.69, 9.17) is 0 Å². The molecule has 0 aliphatic rings. The topological polar surface area (TPSA) is 48.6 Å². The van der Waals surface area contributed by atoms with Crippen molar-refractivity contribution in [2.75, 3.05) is 12.0 Å². The summed E-state index contributed by atoms with van der Waals surface area (Å²) in [4.78, 5) is 11.8. The Morgan fingerprint density at radius 1 is 1.38 bits per heavy atom. The molecular weight excluding hydrogens is 220 g/mol. The standard InChI is InChI=1S/C13H18OS.H2O/c1-9-6-5-7-12(10(9)2)11(3)13(14)8-15-4;/h5-7,11H,8H2,1-4H3;1H2/t11-;/m0./s1. The average Bonchev–Trinajstić information content (AvgIpc) is 2.21. The predicted molar refractivity (Wildman–Crippen MR) is 71.3 cm³/mol. The lowest BCUT2D eigenvalue weighted by molar-refractivity contribution is -0.117. The molecule has 1 aromatic rings. The Hall–Kier alpha value is -0.800. The number of hydrogen-bond donors (Lipinski definition) is 0. The molecular formula is C13H20O2S. The number of hydrogen-bond acceptors (Lipinski definition) is 2. The fraction of sp³-hybridized carbons (Fsp3) is 0.462. The molecule has 0 heterocycles. The second-order valence-corrected chi connectivity index (χ2v) is 4.78. The van der Waals surface area contributed by atoms with Crippen molar-refractivity contribution >= 4 is 17.5 Å². The van der Waals surface area contributed by atoms with Crippen LogP contribution in [0.15, 0.2) is 18.2 Å². The van der Waals surface area contributed by atoms with Crippen molar-refractivity contribution < 1.29 is 10.3 Å². The largest absolute Gasteiger partial charge is 0.412 e. The van der Waals surface area contributed by atoms with Gasteiger partial charge >= 0.3 is 0 Å². The molecule has 2 N–H and O–H groups in total. The number of aryl methyl sites for hydroxylation is 1. The van der Waals surface area contributed by atoms with Gasteiger partial charge in [-0.05, 0) is 36.8 Å². The molecule has 0 aromatic heterocycles. The number of carbonyl (C=O) groups is 1. The minimum absolute atomic E-state index is 0. The molecule has 0 fully saturated rings. The molecule has 1 rings (SSSR count). The van der Waals surface area contributed by atoms with E-state index in [0.29, 0.717) is 11.5 Å².